The second-order valence-corrected chi connectivity index (χ2v) is 11.2. The van der Waals surface area contributed by atoms with Crippen molar-refractivity contribution in [1.29, 1.82) is 0 Å². The molecule has 2 atom stereocenters. The molecule has 2 saturated heterocycles. The number of aromatic nitrogens is 5. The van der Waals surface area contributed by atoms with E-state index in [0.717, 1.165) is 53.9 Å². The molecule has 31 heavy (non-hydrogen) atoms. The van der Waals surface area contributed by atoms with E-state index in [2.05, 4.69) is 26.9 Å². The Balaban J connectivity index is 1.38. The maximum Gasteiger partial charge on any atom is 0.199 e. The van der Waals surface area contributed by atoms with Crippen LogP contribution in [0.4, 0.5) is 11.6 Å². The van der Waals surface area contributed by atoms with Crippen LogP contribution in [-0.4, -0.2) is 65.2 Å². The normalized spacial score (nSPS) is 23.5. The topological polar surface area (TPSA) is 120 Å². The predicted molar refractivity (Wildman–Crippen MR) is 122 cm³/mol. The van der Waals surface area contributed by atoms with E-state index in [9.17, 15) is 0 Å². The summed E-state index contributed by atoms with van der Waals surface area (Å²) >= 11 is 7.74. The first-order chi connectivity index (χ1) is 15.0. The molecule has 0 aromatic carbocycles. The van der Waals surface area contributed by atoms with Crippen molar-refractivity contribution < 1.29 is 4.74 Å². The molecule has 5 heterocycles. The van der Waals surface area contributed by atoms with Crippen molar-refractivity contribution >= 4 is 50.2 Å². The van der Waals surface area contributed by atoms with Gasteiger partial charge in [0.1, 0.15) is 17.2 Å². The fourth-order valence-electron chi connectivity index (χ4n) is 4.19. The summed E-state index contributed by atoms with van der Waals surface area (Å²) in [5.41, 5.74) is 13.7. The summed E-state index contributed by atoms with van der Waals surface area (Å²) in [5, 5.41) is 5.64. The maximum absolute atomic E-state index is 6.55. The Bertz CT molecular complexity index is 1110. The monoisotopic (exact) mass is 474 g/mol. The van der Waals surface area contributed by atoms with Gasteiger partial charge in [0.2, 0.25) is 0 Å². The molecule has 4 N–H and O–H groups in total. The molecule has 2 aliphatic heterocycles. The van der Waals surface area contributed by atoms with Gasteiger partial charge in [-0.05, 0) is 25.8 Å². The van der Waals surface area contributed by atoms with Gasteiger partial charge >= 0.3 is 0 Å². The molecule has 9 nitrogen and oxygen atoms in total. The molecule has 0 saturated carbocycles. The average Bonchev–Trinajstić information content (AvgIpc) is 3.26. The molecular formula is C19H23ClN8OSSi. The molecule has 1 spiro atoms. The van der Waals surface area contributed by atoms with E-state index >= 15 is 0 Å². The van der Waals surface area contributed by atoms with Crippen LogP contribution < -0.4 is 16.4 Å². The molecule has 0 unspecified atom stereocenters. The smallest absolute Gasteiger partial charge is 0.199 e. The molecule has 5 rings (SSSR count). The Labute approximate surface area is 191 Å². The third kappa shape index (κ3) is 3.78. The minimum absolute atomic E-state index is 0.0687. The van der Waals surface area contributed by atoms with Crippen molar-refractivity contribution in [2.45, 2.75) is 41.1 Å². The number of pyridine rings is 1. The quantitative estimate of drug-likeness (QED) is 0.547. The summed E-state index contributed by atoms with van der Waals surface area (Å²) in [4.78, 5) is 16.3. The summed E-state index contributed by atoms with van der Waals surface area (Å²) in [6, 6.07) is 1.82. The fourth-order valence-corrected chi connectivity index (χ4v) is 6.70. The van der Waals surface area contributed by atoms with Gasteiger partial charge in [-0.2, -0.15) is 5.10 Å². The molecule has 0 amide bonds. The largest absolute Gasteiger partial charge is 0.382 e. The maximum atomic E-state index is 6.55. The van der Waals surface area contributed by atoms with E-state index in [-0.39, 0.29) is 16.8 Å². The molecule has 2 aliphatic rings. The highest BCUT2D eigenvalue weighted by atomic mass is 35.5. The highest BCUT2D eigenvalue weighted by Gasteiger charge is 2.44. The fraction of sp³-hybridized carbons (Fsp3) is 0.474. The van der Waals surface area contributed by atoms with Crippen LogP contribution in [0.25, 0.3) is 5.65 Å². The molecule has 3 aromatic heterocycles. The lowest BCUT2D eigenvalue weighted by atomic mass is 9.78. The third-order valence-corrected chi connectivity index (χ3v) is 9.27. The van der Waals surface area contributed by atoms with E-state index in [1.165, 1.54) is 11.8 Å². The van der Waals surface area contributed by atoms with Gasteiger partial charge in [-0.3, -0.25) is 0 Å². The molecule has 12 heteroatoms. The molecular weight excluding hydrogens is 452 g/mol. The summed E-state index contributed by atoms with van der Waals surface area (Å²) in [6.07, 6.45) is 6.95. The molecule has 2 radical (unpaired) electrons. The molecule has 162 valence electrons. The van der Waals surface area contributed by atoms with Gasteiger partial charge < -0.3 is 21.1 Å². The minimum Gasteiger partial charge on any atom is -0.382 e. The second-order valence-electron chi connectivity index (χ2n) is 7.97. The van der Waals surface area contributed by atoms with E-state index in [1.807, 2.05) is 6.07 Å². The average molecular weight is 475 g/mol. The van der Waals surface area contributed by atoms with Gasteiger partial charge in [0.15, 0.2) is 11.5 Å². The zero-order chi connectivity index (χ0) is 21.6. The van der Waals surface area contributed by atoms with Gasteiger partial charge in [0.05, 0.1) is 27.3 Å². The van der Waals surface area contributed by atoms with E-state index in [4.69, 9.17) is 32.8 Å². The van der Waals surface area contributed by atoms with Crippen LogP contribution in [0.15, 0.2) is 34.7 Å². The Morgan fingerprint density at radius 1 is 1.29 bits per heavy atom. The van der Waals surface area contributed by atoms with Gasteiger partial charge in [-0.15, -0.1) is 0 Å². The third-order valence-electron chi connectivity index (χ3n) is 6.10. The van der Waals surface area contributed by atoms with Crippen LogP contribution in [0.5, 0.6) is 0 Å². The Morgan fingerprint density at radius 2 is 2.10 bits per heavy atom. The highest BCUT2D eigenvalue weighted by molar-refractivity contribution is 7.99. The highest BCUT2D eigenvalue weighted by Crippen LogP contribution is 2.40. The number of anilines is 2. The van der Waals surface area contributed by atoms with Gasteiger partial charge in [0.25, 0.3) is 0 Å². The Hall–Kier alpha value is -1.92. The van der Waals surface area contributed by atoms with Gasteiger partial charge in [0, 0.05) is 41.0 Å². The van der Waals surface area contributed by atoms with Crippen LogP contribution in [0.1, 0.15) is 19.8 Å². The van der Waals surface area contributed by atoms with Crippen molar-refractivity contribution in [2.75, 3.05) is 30.3 Å². The Morgan fingerprint density at radius 3 is 2.87 bits per heavy atom. The number of fused-ring (bicyclic) bond motifs is 1. The lowest BCUT2D eigenvalue weighted by Crippen LogP contribution is -2.60. The number of halogens is 1. The van der Waals surface area contributed by atoms with Gasteiger partial charge in [-0.25, -0.2) is 19.5 Å². The molecule has 3 aromatic rings. The van der Waals surface area contributed by atoms with Crippen molar-refractivity contribution in [3.63, 3.8) is 0 Å². The number of hydrogen-bond donors (Lipinski definition) is 2. The lowest BCUT2D eigenvalue weighted by molar-refractivity contribution is -0.00582. The summed E-state index contributed by atoms with van der Waals surface area (Å²) in [6.45, 7) is 4.59. The zero-order valence-corrected chi connectivity index (χ0v) is 19.6. The van der Waals surface area contributed by atoms with Gasteiger partial charge in [-0.1, -0.05) is 23.4 Å². The molecule has 2 fully saturated rings. The molecule has 0 bridgehead atoms. The first-order valence-electron chi connectivity index (χ1n) is 10.1. The van der Waals surface area contributed by atoms with Crippen LogP contribution >= 0.6 is 23.4 Å². The van der Waals surface area contributed by atoms with Crippen LogP contribution in [0.2, 0.25) is 5.02 Å². The number of hydrogen-bond acceptors (Lipinski definition) is 9. The van der Waals surface area contributed by atoms with Crippen molar-refractivity contribution in [1.82, 2.24) is 24.6 Å². The standard InChI is InChI=1S/C19H23ClN8OSSi/c1-11-29-9-19(18(22)31-11)3-6-27(7-4-19)16-17-25-10-26-28(17)13(8-24-16)30-12-2-5-23-15(21)14(12)20/h2,5,8,10-11,18H,3-4,6-7,9,22H2,1H3,(H2,21,23)/t11-,18-/m1/s1. The number of piperidine rings is 1. The van der Waals surface area contributed by atoms with E-state index in [1.54, 1.807) is 23.2 Å². The van der Waals surface area contributed by atoms with Crippen LogP contribution in [0.3, 0.4) is 0 Å². The lowest BCUT2D eigenvalue weighted by Gasteiger charge is -2.48. The number of nitrogens with two attached hydrogens (primary N) is 2. The van der Waals surface area contributed by atoms with Crippen molar-refractivity contribution in [3.8, 4) is 0 Å². The number of nitrogens with zero attached hydrogens (tertiary/aromatic N) is 6. The van der Waals surface area contributed by atoms with E-state index < -0.39 is 0 Å². The van der Waals surface area contributed by atoms with Crippen LogP contribution in [0, 0.1) is 5.41 Å². The van der Waals surface area contributed by atoms with Crippen molar-refractivity contribution in [3.05, 3.63) is 29.8 Å². The minimum atomic E-state index is 0.0687. The first-order valence-corrected chi connectivity index (χ1v) is 12.5. The molecule has 0 aliphatic carbocycles. The number of rotatable bonds is 3. The predicted octanol–water partition coefficient (Wildman–Crippen LogP) is 1.86. The van der Waals surface area contributed by atoms with Crippen molar-refractivity contribution in [2.24, 2.45) is 11.1 Å². The summed E-state index contributed by atoms with van der Waals surface area (Å²) in [7, 11) is 0.650. The second kappa shape index (κ2) is 8.21. The number of nitrogen functional groups attached to an aromatic ring is 1. The summed E-state index contributed by atoms with van der Waals surface area (Å²) in [5.74, 6) is 1.13. The van der Waals surface area contributed by atoms with Crippen LogP contribution in [-0.2, 0) is 4.74 Å². The summed E-state index contributed by atoms with van der Waals surface area (Å²) < 4.78 is 7.77. The number of ether oxygens (including phenoxy) is 1. The van der Waals surface area contributed by atoms with E-state index in [0.29, 0.717) is 20.4 Å². The SMILES string of the molecule is C[C@@H]1OCC2(CCN(c3ncc(Sc4ccnc(N)c4Cl)n4ncnc34)CC2)[C@H](N)[Si]1. The Kier molecular flexibility index (Phi) is 5.55. The first kappa shape index (κ1) is 21.0. The zero-order valence-electron chi connectivity index (χ0n) is 17.0.